The average molecular weight is 293 g/mol. The molecule has 0 saturated carbocycles. The molecule has 0 fully saturated rings. The van der Waals surface area contributed by atoms with Crippen molar-refractivity contribution in [1.82, 2.24) is 9.78 Å². The monoisotopic (exact) mass is 292 g/mol. The summed E-state index contributed by atoms with van der Waals surface area (Å²) in [6, 6.07) is 6.82. The van der Waals surface area contributed by atoms with Gasteiger partial charge in [-0.1, -0.05) is 11.6 Å². The van der Waals surface area contributed by atoms with Crippen LogP contribution in [0.1, 0.15) is 23.1 Å². The highest BCUT2D eigenvalue weighted by Crippen LogP contribution is 2.27. The molecular weight excluding hydrogens is 276 g/mol. The van der Waals surface area contributed by atoms with E-state index in [1.54, 1.807) is 36.0 Å². The molecule has 1 aromatic heterocycles. The Balaban J connectivity index is 2.39. The van der Waals surface area contributed by atoms with Crippen LogP contribution in [0.4, 0.5) is 11.4 Å². The highest BCUT2D eigenvalue weighted by Gasteiger charge is 2.20. The molecule has 2 N–H and O–H groups in total. The molecule has 106 valence electrons. The van der Waals surface area contributed by atoms with Crippen LogP contribution >= 0.6 is 11.6 Å². The molecule has 20 heavy (non-hydrogen) atoms. The number of rotatable bonds is 3. The first-order chi connectivity index (χ1) is 9.43. The Labute approximate surface area is 122 Å². The van der Waals surface area contributed by atoms with Crippen molar-refractivity contribution >= 4 is 28.9 Å². The van der Waals surface area contributed by atoms with Crippen molar-refractivity contribution in [3.05, 3.63) is 40.7 Å². The van der Waals surface area contributed by atoms with Crippen molar-refractivity contribution in [2.45, 2.75) is 20.4 Å². The van der Waals surface area contributed by atoms with Crippen LogP contribution in [0.25, 0.3) is 0 Å². The molecular formula is C14H17ClN4O. The Kier molecular flexibility index (Phi) is 3.99. The third kappa shape index (κ3) is 2.63. The number of carbonyl (C=O) groups excluding carboxylic acids is 1. The standard InChI is InChI=1S/C14H17ClN4O/c1-4-19-13(7-9(2)17-19)14(20)18(3)12-8-10(15)5-6-11(12)16/h5-8H,4,16H2,1-3H3. The minimum Gasteiger partial charge on any atom is -0.397 e. The largest absolute Gasteiger partial charge is 0.397 e. The second-order valence-corrected chi connectivity index (χ2v) is 4.99. The van der Waals surface area contributed by atoms with Gasteiger partial charge in [0.05, 0.1) is 17.1 Å². The molecule has 0 spiro atoms. The number of hydrogen-bond donors (Lipinski definition) is 1. The van der Waals surface area contributed by atoms with Crippen LogP contribution < -0.4 is 10.6 Å². The Bertz CT molecular complexity index is 651. The van der Waals surface area contributed by atoms with E-state index in [9.17, 15) is 4.79 Å². The van der Waals surface area contributed by atoms with E-state index in [0.717, 1.165) is 5.69 Å². The van der Waals surface area contributed by atoms with Gasteiger partial charge in [-0.15, -0.1) is 0 Å². The van der Waals surface area contributed by atoms with Crippen LogP contribution in [0.2, 0.25) is 5.02 Å². The van der Waals surface area contributed by atoms with Gasteiger partial charge < -0.3 is 10.6 Å². The number of amides is 1. The molecule has 0 atom stereocenters. The molecule has 1 heterocycles. The van der Waals surface area contributed by atoms with Crippen molar-refractivity contribution in [1.29, 1.82) is 0 Å². The molecule has 5 nitrogen and oxygen atoms in total. The van der Waals surface area contributed by atoms with Gasteiger partial charge in [0.15, 0.2) is 0 Å². The summed E-state index contributed by atoms with van der Waals surface area (Å²) >= 11 is 5.96. The van der Waals surface area contributed by atoms with Crippen LogP contribution in [0, 0.1) is 6.92 Å². The summed E-state index contributed by atoms with van der Waals surface area (Å²) in [7, 11) is 1.67. The van der Waals surface area contributed by atoms with E-state index in [0.29, 0.717) is 28.6 Å². The molecule has 0 unspecified atom stereocenters. The van der Waals surface area contributed by atoms with Crippen molar-refractivity contribution in [2.24, 2.45) is 0 Å². The molecule has 6 heteroatoms. The van der Waals surface area contributed by atoms with Gasteiger partial charge in [-0.25, -0.2) is 0 Å². The lowest BCUT2D eigenvalue weighted by molar-refractivity contribution is 0.0983. The average Bonchev–Trinajstić information content (AvgIpc) is 2.81. The number of halogens is 1. The highest BCUT2D eigenvalue weighted by molar-refractivity contribution is 6.31. The van der Waals surface area contributed by atoms with E-state index in [2.05, 4.69) is 5.10 Å². The second-order valence-electron chi connectivity index (χ2n) is 4.55. The van der Waals surface area contributed by atoms with Gasteiger partial charge in [0.25, 0.3) is 5.91 Å². The van der Waals surface area contributed by atoms with Crippen LogP contribution in [-0.4, -0.2) is 22.7 Å². The molecule has 2 aromatic rings. The van der Waals surface area contributed by atoms with E-state index in [1.165, 1.54) is 4.90 Å². The minimum absolute atomic E-state index is 0.165. The molecule has 0 radical (unpaired) electrons. The summed E-state index contributed by atoms with van der Waals surface area (Å²) in [6.45, 7) is 4.43. The molecule has 0 aliphatic rings. The van der Waals surface area contributed by atoms with E-state index in [1.807, 2.05) is 13.8 Å². The van der Waals surface area contributed by atoms with Crippen molar-refractivity contribution in [3.63, 3.8) is 0 Å². The van der Waals surface area contributed by atoms with E-state index < -0.39 is 0 Å². The maximum absolute atomic E-state index is 12.6. The van der Waals surface area contributed by atoms with E-state index in [4.69, 9.17) is 17.3 Å². The number of anilines is 2. The maximum Gasteiger partial charge on any atom is 0.276 e. The van der Waals surface area contributed by atoms with Gasteiger partial charge in [0, 0.05) is 18.6 Å². The van der Waals surface area contributed by atoms with Gasteiger partial charge in [0.2, 0.25) is 0 Å². The smallest absolute Gasteiger partial charge is 0.276 e. The summed E-state index contributed by atoms with van der Waals surface area (Å²) in [6.07, 6.45) is 0. The molecule has 2 rings (SSSR count). The summed E-state index contributed by atoms with van der Waals surface area (Å²) in [5.41, 5.74) is 8.34. The number of benzene rings is 1. The number of nitrogens with zero attached hydrogens (tertiary/aromatic N) is 3. The Morgan fingerprint density at radius 2 is 2.15 bits per heavy atom. The van der Waals surface area contributed by atoms with Crippen molar-refractivity contribution in [3.8, 4) is 0 Å². The molecule has 0 aliphatic heterocycles. The first-order valence-corrected chi connectivity index (χ1v) is 6.69. The number of nitrogen functional groups attached to an aromatic ring is 1. The van der Waals surface area contributed by atoms with E-state index in [-0.39, 0.29) is 5.91 Å². The summed E-state index contributed by atoms with van der Waals surface area (Å²) in [5.74, 6) is -0.165. The van der Waals surface area contributed by atoms with Crippen LogP contribution in [0.3, 0.4) is 0 Å². The van der Waals surface area contributed by atoms with Gasteiger partial charge >= 0.3 is 0 Å². The lowest BCUT2D eigenvalue weighted by atomic mass is 10.2. The molecule has 0 aliphatic carbocycles. The third-order valence-electron chi connectivity index (χ3n) is 3.08. The van der Waals surface area contributed by atoms with Crippen LogP contribution in [0.15, 0.2) is 24.3 Å². The fourth-order valence-corrected chi connectivity index (χ4v) is 2.21. The fraction of sp³-hybridized carbons (Fsp3) is 0.286. The number of nitrogens with two attached hydrogens (primary N) is 1. The molecule has 0 bridgehead atoms. The molecule has 1 aromatic carbocycles. The number of aryl methyl sites for hydroxylation is 2. The third-order valence-corrected chi connectivity index (χ3v) is 3.31. The highest BCUT2D eigenvalue weighted by atomic mass is 35.5. The normalized spacial score (nSPS) is 10.6. The van der Waals surface area contributed by atoms with Gasteiger partial charge in [-0.05, 0) is 38.1 Å². The molecule has 1 amide bonds. The number of carbonyl (C=O) groups is 1. The van der Waals surface area contributed by atoms with Gasteiger partial charge in [0.1, 0.15) is 5.69 Å². The van der Waals surface area contributed by atoms with Gasteiger partial charge in [-0.2, -0.15) is 5.10 Å². The predicted molar refractivity (Wildman–Crippen MR) is 81.2 cm³/mol. The first kappa shape index (κ1) is 14.4. The van der Waals surface area contributed by atoms with E-state index >= 15 is 0 Å². The van der Waals surface area contributed by atoms with Crippen molar-refractivity contribution < 1.29 is 4.79 Å². The second kappa shape index (κ2) is 5.54. The lowest BCUT2D eigenvalue weighted by Crippen LogP contribution is -2.29. The minimum atomic E-state index is -0.165. The SMILES string of the molecule is CCn1nc(C)cc1C(=O)N(C)c1cc(Cl)ccc1N. The topological polar surface area (TPSA) is 64.2 Å². The summed E-state index contributed by atoms with van der Waals surface area (Å²) in [4.78, 5) is 14.1. The Morgan fingerprint density at radius 3 is 2.80 bits per heavy atom. The van der Waals surface area contributed by atoms with Gasteiger partial charge in [-0.3, -0.25) is 9.48 Å². The molecule has 0 saturated heterocycles. The predicted octanol–water partition coefficient (Wildman–Crippen LogP) is 2.72. The quantitative estimate of drug-likeness (QED) is 0.885. The summed E-state index contributed by atoms with van der Waals surface area (Å²) in [5, 5.41) is 4.81. The number of aromatic nitrogens is 2. The Hall–Kier alpha value is -2.01. The zero-order valence-electron chi connectivity index (χ0n) is 11.7. The zero-order valence-corrected chi connectivity index (χ0v) is 12.5. The van der Waals surface area contributed by atoms with Crippen LogP contribution in [-0.2, 0) is 6.54 Å². The van der Waals surface area contributed by atoms with Crippen molar-refractivity contribution in [2.75, 3.05) is 17.7 Å². The summed E-state index contributed by atoms with van der Waals surface area (Å²) < 4.78 is 1.68. The lowest BCUT2D eigenvalue weighted by Gasteiger charge is -2.19. The fourth-order valence-electron chi connectivity index (χ4n) is 2.05. The number of hydrogen-bond acceptors (Lipinski definition) is 3. The zero-order chi connectivity index (χ0) is 14.9. The maximum atomic E-state index is 12.6. The Morgan fingerprint density at radius 1 is 1.45 bits per heavy atom. The van der Waals surface area contributed by atoms with Crippen LogP contribution in [0.5, 0.6) is 0 Å². The first-order valence-electron chi connectivity index (χ1n) is 6.31.